The summed E-state index contributed by atoms with van der Waals surface area (Å²) in [7, 11) is 0. The van der Waals surface area contributed by atoms with Crippen molar-refractivity contribution in [3.05, 3.63) is 64.8 Å². The second-order valence-electron chi connectivity index (χ2n) is 10.5. The summed E-state index contributed by atoms with van der Waals surface area (Å²) < 4.78 is 5.51. The highest BCUT2D eigenvalue weighted by Gasteiger charge is 2.30. The molecule has 208 valence electrons. The van der Waals surface area contributed by atoms with Gasteiger partial charge < -0.3 is 20.0 Å². The van der Waals surface area contributed by atoms with Gasteiger partial charge in [-0.1, -0.05) is 18.5 Å². The minimum atomic E-state index is 0.328. The molecule has 0 spiro atoms. The van der Waals surface area contributed by atoms with Crippen LogP contribution in [-0.2, 0) is 0 Å². The molecular weight excluding hydrogens is 512 g/mol. The molecule has 3 aliphatic rings. The van der Waals surface area contributed by atoms with Crippen molar-refractivity contribution >= 4 is 34.9 Å². The lowest BCUT2D eigenvalue weighted by molar-refractivity contribution is 0.166. The SMILES string of the molecule is CC/C(C)=C1/N=C(N2CCCC(CN3CCN(c4ccc(Cl)cc4)CC3)C2)N=C(N)N1/N=C(\C)c1ccco1. The molecule has 1 aromatic carbocycles. The summed E-state index contributed by atoms with van der Waals surface area (Å²) in [4.78, 5) is 17.0. The van der Waals surface area contributed by atoms with Crippen LogP contribution < -0.4 is 10.6 Å². The smallest absolute Gasteiger partial charge is 0.230 e. The molecule has 1 aromatic heterocycles. The molecule has 2 fully saturated rings. The number of furan rings is 1. The Labute approximate surface area is 236 Å². The lowest BCUT2D eigenvalue weighted by Crippen LogP contribution is -2.50. The normalized spacial score (nSPS) is 22.6. The first-order chi connectivity index (χ1) is 18.9. The zero-order valence-corrected chi connectivity index (χ0v) is 23.9. The molecule has 1 unspecified atom stereocenters. The lowest BCUT2D eigenvalue weighted by Gasteiger charge is -2.40. The van der Waals surface area contributed by atoms with Crippen LogP contribution in [0, 0.1) is 5.92 Å². The maximum atomic E-state index is 6.49. The zero-order valence-electron chi connectivity index (χ0n) is 23.2. The fraction of sp³-hybridized carbons (Fsp3) is 0.483. The number of aliphatic imine (C=N–C) groups is 2. The van der Waals surface area contributed by atoms with Gasteiger partial charge in [-0.15, -0.1) is 0 Å². The minimum Gasteiger partial charge on any atom is -0.463 e. The van der Waals surface area contributed by atoms with E-state index >= 15 is 0 Å². The van der Waals surface area contributed by atoms with Gasteiger partial charge in [0.15, 0.2) is 5.82 Å². The molecule has 2 aromatic rings. The van der Waals surface area contributed by atoms with Crippen LogP contribution in [0.15, 0.2) is 73.6 Å². The molecule has 0 radical (unpaired) electrons. The Morgan fingerprint density at radius 2 is 1.82 bits per heavy atom. The third-order valence-electron chi connectivity index (χ3n) is 7.76. The number of anilines is 1. The van der Waals surface area contributed by atoms with Crippen LogP contribution >= 0.6 is 11.6 Å². The molecule has 5 rings (SSSR count). The summed E-state index contributed by atoms with van der Waals surface area (Å²) in [6.07, 6.45) is 4.82. The van der Waals surface area contributed by atoms with Crippen molar-refractivity contribution in [3.8, 4) is 0 Å². The van der Waals surface area contributed by atoms with E-state index in [4.69, 9.17) is 36.8 Å². The quantitative estimate of drug-likeness (QED) is 0.519. The molecular formula is C29H39ClN8O. The van der Waals surface area contributed by atoms with Crippen LogP contribution in [0.3, 0.4) is 0 Å². The van der Waals surface area contributed by atoms with Crippen LogP contribution in [0.4, 0.5) is 5.69 Å². The average Bonchev–Trinajstić information content (AvgIpc) is 3.50. The molecule has 1 atom stereocenters. The summed E-state index contributed by atoms with van der Waals surface area (Å²) in [5, 5.41) is 7.14. The highest BCUT2D eigenvalue weighted by molar-refractivity contribution is 6.30. The number of piperidine rings is 1. The highest BCUT2D eigenvalue weighted by Crippen LogP contribution is 2.25. The molecule has 3 aliphatic heterocycles. The highest BCUT2D eigenvalue weighted by atomic mass is 35.5. The standard InChI is InChI=1S/C29H39ClN8O/c1-4-21(2)27-32-29(33-28(31)38(27)34-22(3)26-8-6-18-39-26)37-13-5-7-23(20-37)19-35-14-16-36(17-15-35)25-11-9-24(30)10-12-25/h6,8-12,18,23H,4-5,7,13-17,19-20H2,1-3H3,(H2,31,32,33)/b27-21-,34-22+. The fourth-order valence-corrected chi connectivity index (χ4v) is 5.51. The molecule has 0 bridgehead atoms. The number of guanidine groups is 2. The molecule has 10 heteroatoms. The minimum absolute atomic E-state index is 0.328. The molecule has 39 heavy (non-hydrogen) atoms. The number of allylic oxidation sites excluding steroid dienone is 1. The van der Waals surface area contributed by atoms with Crippen molar-refractivity contribution in [3.63, 3.8) is 0 Å². The second-order valence-corrected chi connectivity index (χ2v) is 11.0. The van der Waals surface area contributed by atoms with Crippen LogP contribution in [0.1, 0.15) is 45.8 Å². The molecule has 0 aliphatic carbocycles. The number of rotatable bonds is 6. The number of piperazine rings is 1. The first kappa shape index (κ1) is 27.3. The molecule has 4 heterocycles. The van der Waals surface area contributed by atoms with E-state index in [2.05, 4.69) is 40.7 Å². The van der Waals surface area contributed by atoms with Gasteiger partial charge in [0.25, 0.3) is 0 Å². The summed E-state index contributed by atoms with van der Waals surface area (Å²) in [6.45, 7) is 13.2. The average molecular weight is 551 g/mol. The van der Waals surface area contributed by atoms with Crippen LogP contribution in [0.5, 0.6) is 0 Å². The van der Waals surface area contributed by atoms with Crippen molar-refractivity contribution in [2.75, 3.05) is 50.7 Å². The molecule has 0 amide bonds. The van der Waals surface area contributed by atoms with E-state index in [1.807, 2.05) is 31.2 Å². The Hall–Kier alpha value is -3.30. The van der Waals surface area contributed by atoms with Gasteiger partial charge >= 0.3 is 0 Å². The summed E-state index contributed by atoms with van der Waals surface area (Å²) in [5.74, 6) is 3.02. The van der Waals surface area contributed by atoms with Crippen molar-refractivity contribution in [1.82, 2.24) is 14.8 Å². The van der Waals surface area contributed by atoms with Crippen molar-refractivity contribution in [1.29, 1.82) is 0 Å². The summed E-state index contributed by atoms with van der Waals surface area (Å²) in [5.41, 5.74) is 9.56. The molecule has 2 saturated heterocycles. The Morgan fingerprint density at radius 3 is 2.51 bits per heavy atom. The Morgan fingerprint density at radius 1 is 1.05 bits per heavy atom. The molecule has 9 nitrogen and oxygen atoms in total. The fourth-order valence-electron chi connectivity index (χ4n) is 5.38. The Balaban J connectivity index is 1.23. The van der Waals surface area contributed by atoms with Gasteiger partial charge in [0.2, 0.25) is 11.9 Å². The summed E-state index contributed by atoms with van der Waals surface area (Å²) >= 11 is 6.07. The Kier molecular flexibility index (Phi) is 8.57. The van der Waals surface area contributed by atoms with Crippen LogP contribution in [0.2, 0.25) is 5.02 Å². The number of nitrogens with two attached hydrogens (primary N) is 1. The largest absolute Gasteiger partial charge is 0.463 e. The predicted octanol–water partition coefficient (Wildman–Crippen LogP) is 4.82. The first-order valence-electron chi connectivity index (χ1n) is 13.9. The van der Waals surface area contributed by atoms with E-state index in [9.17, 15) is 0 Å². The van der Waals surface area contributed by atoms with E-state index in [1.54, 1.807) is 11.3 Å². The van der Waals surface area contributed by atoms with Crippen LogP contribution in [0.25, 0.3) is 0 Å². The number of likely N-dealkylation sites (tertiary alicyclic amines) is 1. The zero-order chi connectivity index (χ0) is 27.4. The van der Waals surface area contributed by atoms with Gasteiger partial charge in [-0.25, -0.2) is 0 Å². The van der Waals surface area contributed by atoms with Gasteiger partial charge in [0.05, 0.1) is 6.26 Å². The van der Waals surface area contributed by atoms with E-state index in [-0.39, 0.29) is 0 Å². The molecule has 0 saturated carbocycles. The van der Waals surface area contributed by atoms with Gasteiger partial charge in [-0.2, -0.15) is 20.1 Å². The Bertz CT molecular complexity index is 1240. The number of nitrogens with zero attached hydrogens (tertiary/aromatic N) is 7. The summed E-state index contributed by atoms with van der Waals surface area (Å²) in [6, 6.07) is 11.9. The number of hydrogen-bond donors (Lipinski definition) is 1. The molecule has 2 N–H and O–H groups in total. The maximum Gasteiger partial charge on any atom is 0.230 e. The van der Waals surface area contributed by atoms with E-state index in [0.717, 1.165) is 75.1 Å². The topological polar surface area (TPSA) is 89.2 Å². The lowest BCUT2D eigenvalue weighted by atomic mass is 9.97. The predicted molar refractivity (Wildman–Crippen MR) is 159 cm³/mol. The number of hydrogen-bond acceptors (Lipinski definition) is 9. The monoisotopic (exact) mass is 550 g/mol. The number of hydrazone groups is 1. The van der Waals surface area contributed by atoms with Gasteiger partial charge in [-0.3, -0.25) is 4.90 Å². The van der Waals surface area contributed by atoms with Gasteiger partial charge in [0, 0.05) is 56.5 Å². The van der Waals surface area contributed by atoms with E-state index in [1.165, 1.54) is 12.1 Å². The number of benzene rings is 1. The van der Waals surface area contributed by atoms with Gasteiger partial charge in [-0.05, 0) is 81.0 Å². The first-order valence-corrected chi connectivity index (χ1v) is 14.3. The second kappa shape index (κ2) is 12.3. The van der Waals surface area contributed by atoms with Crippen LogP contribution in [-0.4, -0.2) is 78.3 Å². The van der Waals surface area contributed by atoms with Crippen molar-refractivity contribution in [2.24, 2.45) is 26.7 Å². The van der Waals surface area contributed by atoms with Gasteiger partial charge in [0.1, 0.15) is 11.5 Å². The van der Waals surface area contributed by atoms with Crippen molar-refractivity contribution < 1.29 is 4.42 Å². The number of halogens is 1. The van der Waals surface area contributed by atoms with Crippen molar-refractivity contribution in [2.45, 2.75) is 40.0 Å². The van der Waals surface area contributed by atoms with E-state index < -0.39 is 0 Å². The third-order valence-corrected chi connectivity index (χ3v) is 8.01. The van der Waals surface area contributed by atoms with E-state index in [0.29, 0.717) is 29.3 Å². The maximum absolute atomic E-state index is 6.49. The third kappa shape index (κ3) is 6.47.